The maximum Gasteiger partial charge on any atom is 0.188 e. The third kappa shape index (κ3) is 6.95. The van der Waals surface area contributed by atoms with Crippen molar-refractivity contribution in [3.8, 4) is 0 Å². The number of hydrogen-bond donors (Lipinski definition) is 0. The summed E-state index contributed by atoms with van der Waals surface area (Å²) in [5.74, 6) is 2.55. The third-order valence-electron chi connectivity index (χ3n) is 0.634. The Kier molecular flexibility index (Phi) is 7.12. The molecule has 0 bridgehead atoms. The number of hydrogen-bond acceptors (Lipinski definition) is 3. The normalized spacial score (nSPS) is 7.70. The summed E-state index contributed by atoms with van der Waals surface area (Å²) in [5, 5.41) is 0. The molecule has 3 nitrogen and oxygen atoms in total. The van der Waals surface area contributed by atoms with Crippen molar-refractivity contribution in [1.82, 2.24) is 0 Å². The third-order valence-corrected chi connectivity index (χ3v) is 0.634. The van der Waals surface area contributed by atoms with E-state index in [4.69, 9.17) is 4.74 Å². The summed E-state index contributed by atoms with van der Waals surface area (Å²) < 4.78 is 9.34. The van der Waals surface area contributed by atoms with Gasteiger partial charge < -0.3 is 9.47 Å². The van der Waals surface area contributed by atoms with E-state index in [1.165, 1.54) is 6.26 Å². The molecule has 0 heterocycles. The van der Waals surface area contributed by atoms with Crippen LogP contribution in [0.3, 0.4) is 0 Å². The fourth-order valence-electron chi connectivity index (χ4n) is 0.294. The predicted molar refractivity (Wildman–Crippen MR) is 40.0 cm³/mol. The molecule has 0 unspecified atom stereocenters. The number of nitrogens with zero attached hydrogens (tertiary/aromatic N) is 1. The minimum atomic E-state index is 0.233. The van der Waals surface area contributed by atoms with E-state index in [2.05, 4.69) is 22.2 Å². The summed E-state index contributed by atoms with van der Waals surface area (Å²) in [4.78, 5) is 3.76. The Hall–Kier alpha value is -1.05. The zero-order valence-electron chi connectivity index (χ0n) is 6.04. The van der Waals surface area contributed by atoms with Gasteiger partial charge in [-0.2, -0.15) is 0 Å². The number of methoxy groups -OCH3 is 1. The summed E-state index contributed by atoms with van der Waals surface area (Å²) in [5.41, 5.74) is 0. The maximum atomic E-state index is 4.74. The molecule has 0 spiro atoms. The molecule has 0 aromatic carbocycles. The Labute approximate surface area is 60.7 Å². The summed E-state index contributed by atoms with van der Waals surface area (Å²) >= 11 is 0. The number of aliphatic imine (C=N–C) groups is 1. The first-order valence-corrected chi connectivity index (χ1v) is 2.87. The van der Waals surface area contributed by atoms with E-state index in [1.807, 2.05) is 0 Å². The van der Waals surface area contributed by atoms with Gasteiger partial charge in [-0.05, 0) is 0 Å². The molecule has 0 saturated carbocycles. The van der Waals surface area contributed by atoms with E-state index >= 15 is 0 Å². The van der Waals surface area contributed by atoms with Crippen LogP contribution in [0.15, 0.2) is 23.9 Å². The molecule has 0 atom stereocenters. The van der Waals surface area contributed by atoms with Gasteiger partial charge in [0.1, 0.15) is 6.26 Å². The molecule has 0 saturated heterocycles. The Morgan fingerprint density at radius 1 is 1.70 bits per heavy atom. The molecular formula is C7H11NO2. The Morgan fingerprint density at radius 3 is 3.10 bits per heavy atom. The van der Waals surface area contributed by atoms with Crippen LogP contribution >= 0.6 is 0 Å². The summed E-state index contributed by atoms with van der Waals surface area (Å²) in [6.07, 6.45) is 3.03. The molecular weight excluding hydrogens is 130 g/mol. The van der Waals surface area contributed by atoms with Gasteiger partial charge in [-0.1, -0.05) is 6.08 Å². The fraction of sp³-hybridized carbons (Fsp3) is 0.429. The lowest BCUT2D eigenvalue weighted by Gasteiger charge is -1.92. The highest BCUT2D eigenvalue weighted by molar-refractivity contribution is 5.49. The van der Waals surface area contributed by atoms with Crippen LogP contribution in [0.1, 0.15) is 0 Å². The van der Waals surface area contributed by atoms with Crippen molar-refractivity contribution in [3.63, 3.8) is 0 Å². The van der Waals surface area contributed by atoms with Gasteiger partial charge >= 0.3 is 0 Å². The van der Waals surface area contributed by atoms with E-state index in [0.717, 1.165) is 0 Å². The van der Waals surface area contributed by atoms with Gasteiger partial charge in [-0.25, -0.2) is 4.99 Å². The van der Waals surface area contributed by atoms with E-state index in [9.17, 15) is 0 Å². The fourth-order valence-corrected chi connectivity index (χ4v) is 0.294. The first kappa shape index (κ1) is 8.95. The molecule has 0 aliphatic heterocycles. The monoisotopic (exact) mass is 141 g/mol. The zero-order valence-corrected chi connectivity index (χ0v) is 6.04. The molecule has 56 valence electrons. The van der Waals surface area contributed by atoms with Gasteiger partial charge in [0.15, 0.2) is 6.79 Å². The van der Waals surface area contributed by atoms with Crippen LogP contribution in [0.4, 0.5) is 0 Å². The minimum absolute atomic E-state index is 0.233. The van der Waals surface area contributed by atoms with Crippen LogP contribution in [0.2, 0.25) is 0 Å². The highest BCUT2D eigenvalue weighted by Gasteiger charge is 1.70. The lowest BCUT2D eigenvalue weighted by molar-refractivity contribution is 0.0214. The van der Waals surface area contributed by atoms with Gasteiger partial charge in [-0.15, -0.1) is 6.58 Å². The number of ether oxygens (including phenoxy) is 2. The van der Waals surface area contributed by atoms with Crippen LogP contribution < -0.4 is 0 Å². The molecule has 0 radical (unpaired) electrons. The van der Waals surface area contributed by atoms with Gasteiger partial charge in [0.2, 0.25) is 0 Å². The average Bonchev–Trinajstić information content (AvgIpc) is 1.97. The highest BCUT2D eigenvalue weighted by Crippen LogP contribution is 1.72. The van der Waals surface area contributed by atoms with Crippen LogP contribution in [-0.4, -0.2) is 26.3 Å². The van der Waals surface area contributed by atoms with Gasteiger partial charge in [-0.3, -0.25) is 0 Å². The quantitative estimate of drug-likeness (QED) is 0.188. The first-order chi connectivity index (χ1) is 4.91. The number of rotatable bonds is 5. The SMILES string of the molecule is C=CCN=C=COCOC. The Balaban J connectivity index is 3.25. The summed E-state index contributed by atoms with van der Waals surface area (Å²) in [6.45, 7) is 4.28. The minimum Gasteiger partial charge on any atom is -0.465 e. The second kappa shape index (κ2) is 7.95. The maximum absolute atomic E-state index is 4.74. The van der Waals surface area contributed by atoms with Gasteiger partial charge in [0.05, 0.1) is 6.54 Å². The van der Waals surface area contributed by atoms with E-state index in [0.29, 0.717) is 6.54 Å². The summed E-state index contributed by atoms with van der Waals surface area (Å²) in [6, 6.07) is 0. The highest BCUT2D eigenvalue weighted by atomic mass is 16.7. The smallest absolute Gasteiger partial charge is 0.188 e. The van der Waals surface area contributed by atoms with Crippen LogP contribution in [0.25, 0.3) is 0 Å². The van der Waals surface area contributed by atoms with Crippen molar-refractivity contribution >= 4 is 5.87 Å². The van der Waals surface area contributed by atoms with Gasteiger partial charge in [0.25, 0.3) is 0 Å². The van der Waals surface area contributed by atoms with Crippen LogP contribution in [-0.2, 0) is 9.47 Å². The molecule has 0 aromatic heterocycles. The van der Waals surface area contributed by atoms with Crippen LogP contribution in [0, 0.1) is 0 Å². The molecule has 0 amide bonds. The largest absolute Gasteiger partial charge is 0.465 e. The van der Waals surface area contributed by atoms with Crippen molar-refractivity contribution in [2.75, 3.05) is 20.4 Å². The van der Waals surface area contributed by atoms with E-state index in [1.54, 1.807) is 13.2 Å². The molecule has 0 rings (SSSR count). The Bertz CT molecular complexity index is 137. The van der Waals surface area contributed by atoms with Gasteiger partial charge in [0, 0.05) is 13.0 Å². The van der Waals surface area contributed by atoms with Crippen molar-refractivity contribution in [3.05, 3.63) is 18.9 Å². The lowest BCUT2D eigenvalue weighted by atomic mass is 10.7. The molecule has 0 fully saturated rings. The average molecular weight is 141 g/mol. The second-order valence-corrected chi connectivity index (χ2v) is 1.45. The van der Waals surface area contributed by atoms with E-state index < -0.39 is 0 Å². The molecule has 0 aromatic rings. The molecule has 0 aliphatic carbocycles. The van der Waals surface area contributed by atoms with Crippen molar-refractivity contribution in [2.24, 2.45) is 4.99 Å². The lowest BCUT2D eigenvalue weighted by Crippen LogP contribution is -1.87. The van der Waals surface area contributed by atoms with Crippen molar-refractivity contribution in [2.45, 2.75) is 0 Å². The first-order valence-electron chi connectivity index (χ1n) is 2.87. The topological polar surface area (TPSA) is 30.8 Å². The molecule has 0 aliphatic rings. The second-order valence-electron chi connectivity index (χ2n) is 1.45. The Morgan fingerprint density at radius 2 is 2.50 bits per heavy atom. The predicted octanol–water partition coefficient (Wildman–Crippen LogP) is 0.976. The van der Waals surface area contributed by atoms with Crippen molar-refractivity contribution in [1.29, 1.82) is 0 Å². The van der Waals surface area contributed by atoms with E-state index in [-0.39, 0.29) is 6.79 Å². The molecule has 3 heteroatoms. The molecule has 0 N–H and O–H groups in total. The standard InChI is InChI=1S/C7H11NO2/c1-3-4-8-5-6-10-7-9-2/h3,6H,1,4,7H2,2H3. The zero-order chi connectivity index (χ0) is 7.66. The summed E-state index contributed by atoms with van der Waals surface area (Å²) in [7, 11) is 1.55. The molecule has 10 heavy (non-hydrogen) atoms. The van der Waals surface area contributed by atoms with Crippen LogP contribution in [0.5, 0.6) is 0 Å². The van der Waals surface area contributed by atoms with Crippen molar-refractivity contribution < 1.29 is 9.47 Å².